The van der Waals surface area contributed by atoms with Crippen molar-refractivity contribution in [2.75, 3.05) is 41.8 Å². The topological polar surface area (TPSA) is 106 Å². The predicted octanol–water partition coefficient (Wildman–Crippen LogP) is 3.42. The van der Waals surface area contributed by atoms with Crippen molar-refractivity contribution in [2.24, 2.45) is 0 Å². The lowest BCUT2D eigenvalue weighted by molar-refractivity contribution is -0.117. The first-order valence-corrected chi connectivity index (χ1v) is 10.8. The van der Waals surface area contributed by atoms with Gasteiger partial charge in [-0.3, -0.25) is 9.78 Å². The van der Waals surface area contributed by atoms with Gasteiger partial charge in [0.05, 0.1) is 18.9 Å². The van der Waals surface area contributed by atoms with E-state index in [4.69, 9.17) is 9.47 Å². The number of aromatic nitrogens is 2. The van der Waals surface area contributed by atoms with Crippen LogP contribution < -0.4 is 20.3 Å². The summed E-state index contributed by atoms with van der Waals surface area (Å²) in [5, 5.41) is 5.67. The Labute approximate surface area is 190 Å². The molecule has 0 spiro atoms. The zero-order valence-corrected chi connectivity index (χ0v) is 17.9. The fraction of sp³-hybridized carbons (Fsp3) is 0.250. The highest BCUT2D eigenvalue weighted by Crippen LogP contribution is 2.32. The Morgan fingerprint density at radius 2 is 1.76 bits per heavy atom. The lowest BCUT2D eigenvalue weighted by Crippen LogP contribution is -2.36. The third-order valence-corrected chi connectivity index (χ3v) is 5.50. The molecule has 3 heterocycles. The molecule has 3 aromatic rings. The van der Waals surface area contributed by atoms with Gasteiger partial charge in [-0.25, -0.2) is 9.78 Å². The second kappa shape index (κ2) is 9.25. The van der Waals surface area contributed by atoms with Gasteiger partial charge in [-0.1, -0.05) is 6.07 Å². The maximum Gasteiger partial charge on any atom is 0.323 e. The Bertz CT molecular complexity index is 1190. The van der Waals surface area contributed by atoms with Crippen LogP contribution in [0, 0.1) is 0 Å². The van der Waals surface area contributed by atoms with Crippen molar-refractivity contribution in [3.05, 3.63) is 66.1 Å². The molecule has 1 aliphatic carbocycles. The number of ether oxygens (including phenoxy) is 2. The van der Waals surface area contributed by atoms with E-state index < -0.39 is 0 Å². The molecule has 2 aliphatic rings. The smallest absolute Gasteiger partial charge is 0.323 e. The van der Waals surface area contributed by atoms with Gasteiger partial charge in [0.1, 0.15) is 23.1 Å². The van der Waals surface area contributed by atoms with Crippen molar-refractivity contribution in [1.29, 1.82) is 0 Å². The molecule has 33 heavy (non-hydrogen) atoms. The van der Waals surface area contributed by atoms with Crippen LogP contribution in [0.3, 0.4) is 0 Å². The molecule has 0 saturated carbocycles. The van der Waals surface area contributed by atoms with E-state index in [0.717, 1.165) is 30.2 Å². The fourth-order valence-electron chi connectivity index (χ4n) is 3.92. The highest BCUT2D eigenvalue weighted by atomic mass is 16.5. The summed E-state index contributed by atoms with van der Waals surface area (Å²) < 4.78 is 11.4. The Morgan fingerprint density at radius 1 is 0.970 bits per heavy atom. The predicted molar refractivity (Wildman–Crippen MR) is 123 cm³/mol. The molecule has 1 aliphatic heterocycles. The molecule has 0 atom stereocenters. The molecule has 1 aromatic carbocycles. The van der Waals surface area contributed by atoms with E-state index in [0.29, 0.717) is 48.9 Å². The Hall–Kier alpha value is -3.98. The number of pyridine rings is 2. The number of ketones is 1. The Morgan fingerprint density at radius 3 is 2.61 bits per heavy atom. The molecule has 2 aromatic heterocycles. The zero-order chi connectivity index (χ0) is 22.6. The molecule has 0 unspecified atom stereocenters. The third kappa shape index (κ3) is 4.93. The van der Waals surface area contributed by atoms with Crippen molar-refractivity contribution in [3.8, 4) is 11.5 Å². The van der Waals surface area contributed by atoms with Crippen LogP contribution in [0.25, 0.3) is 0 Å². The normalized spacial score (nSPS) is 15.2. The van der Waals surface area contributed by atoms with E-state index in [2.05, 4.69) is 25.5 Å². The maximum atomic E-state index is 12.6. The number of hydrogen-bond acceptors (Lipinski definition) is 7. The summed E-state index contributed by atoms with van der Waals surface area (Å²) in [7, 11) is 0. The lowest BCUT2D eigenvalue weighted by atomic mass is 10.2. The molecule has 2 amide bonds. The van der Waals surface area contributed by atoms with Crippen LogP contribution in [0.2, 0.25) is 0 Å². The van der Waals surface area contributed by atoms with Crippen LogP contribution in [0.4, 0.5) is 22.0 Å². The second-order valence-electron chi connectivity index (χ2n) is 7.84. The Balaban J connectivity index is 1.24. The number of hydrogen-bond donors (Lipinski definition) is 2. The average Bonchev–Trinajstić information content (AvgIpc) is 3.21. The van der Waals surface area contributed by atoms with Crippen molar-refractivity contribution < 1.29 is 19.1 Å². The number of nitrogens with zero attached hydrogens (tertiary/aromatic N) is 3. The summed E-state index contributed by atoms with van der Waals surface area (Å²) in [5.41, 5.74) is 2.81. The number of carbonyl (C=O) groups is 2. The molecule has 2 N–H and O–H groups in total. The summed E-state index contributed by atoms with van der Waals surface area (Å²) in [4.78, 5) is 35.1. The molecular formula is C24H23N5O4. The standard InChI is InChI=1S/C24H23N5O4/c30-18-14-20-21(15-18)25-7-5-22(20)33-19-3-1-2-16(12-19)27-24(31)28-17-4-6-26-23(13-17)29-8-10-32-11-9-29/h1-7,12-13H,8-11,14-15H2,(H2,26,27,28,31). The van der Waals surface area contributed by atoms with Crippen molar-refractivity contribution in [1.82, 2.24) is 9.97 Å². The van der Waals surface area contributed by atoms with E-state index in [-0.39, 0.29) is 11.8 Å². The number of urea groups is 1. The summed E-state index contributed by atoms with van der Waals surface area (Å²) in [6, 6.07) is 12.1. The van der Waals surface area contributed by atoms with E-state index in [1.807, 2.05) is 6.07 Å². The van der Waals surface area contributed by atoms with Crippen LogP contribution in [-0.4, -0.2) is 48.1 Å². The second-order valence-corrected chi connectivity index (χ2v) is 7.84. The zero-order valence-electron chi connectivity index (χ0n) is 17.9. The Kier molecular flexibility index (Phi) is 5.86. The number of carbonyl (C=O) groups excluding carboxylic acids is 2. The number of anilines is 3. The minimum atomic E-state index is -0.373. The molecular weight excluding hydrogens is 422 g/mol. The number of benzene rings is 1. The first-order chi connectivity index (χ1) is 16.1. The van der Waals surface area contributed by atoms with E-state index in [1.165, 1.54) is 0 Å². The number of morpholine rings is 1. The molecule has 1 fully saturated rings. The van der Waals surface area contributed by atoms with Gasteiger partial charge in [-0.2, -0.15) is 0 Å². The average molecular weight is 445 g/mol. The van der Waals surface area contributed by atoms with Crippen LogP contribution in [0.5, 0.6) is 11.5 Å². The van der Waals surface area contributed by atoms with E-state index in [9.17, 15) is 9.59 Å². The van der Waals surface area contributed by atoms with E-state index in [1.54, 1.807) is 48.8 Å². The molecule has 0 bridgehead atoms. The van der Waals surface area contributed by atoms with Gasteiger partial charge < -0.3 is 25.0 Å². The van der Waals surface area contributed by atoms with Gasteiger partial charge in [0, 0.05) is 67.4 Å². The molecule has 9 nitrogen and oxygen atoms in total. The van der Waals surface area contributed by atoms with Crippen molar-refractivity contribution in [2.45, 2.75) is 12.8 Å². The SMILES string of the molecule is O=C1Cc2nccc(Oc3cccc(NC(=O)Nc4ccnc(N5CCOCC5)c4)c3)c2C1. The largest absolute Gasteiger partial charge is 0.457 e. The monoisotopic (exact) mass is 445 g/mol. The molecule has 168 valence electrons. The number of rotatable bonds is 5. The van der Waals surface area contributed by atoms with Crippen molar-refractivity contribution >= 4 is 29.0 Å². The molecule has 1 saturated heterocycles. The summed E-state index contributed by atoms with van der Waals surface area (Å²) >= 11 is 0. The van der Waals surface area contributed by atoms with E-state index >= 15 is 0 Å². The van der Waals surface area contributed by atoms with Gasteiger partial charge in [-0.05, 0) is 24.3 Å². The quantitative estimate of drug-likeness (QED) is 0.620. The first-order valence-electron chi connectivity index (χ1n) is 10.8. The first kappa shape index (κ1) is 20.9. The summed E-state index contributed by atoms with van der Waals surface area (Å²) in [5.74, 6) is 2.10. The fourth-order valence-corrected chi connectivity index (χ4v) is 3.92. The van der Waals surface area contributed by atoms with Crippen LogP contribution >= 0.6 is 0 Å². The number of nitrogens with one attached hydrogen (secondary N) is 2. The summed E-state index contributed by atoms with van der Waals surface area (Å²) in [6.45, 7) is 2.86. The number of amides is 2. The van der Waals surface area contributed by atoms with Gasteiger partial charge in [0.2, 0.25) is 0 Å². The summed E-state index contributed by atoms with van der Waals surface area (Å²) in [6.07, 6.45) is 3.99. The van der Waals surface area contributed by atoms with Gasteiger partial charge >= 0.3 is 6.03 Å². The minimum Gasteiger partial charge on any atom is -0.457 e. The van der Waals surface area contributed by atoms with Crippen LogP contribution in [0.1, 0.15) is 11.3 Å². The maximum absolute atomic E-state index is 12.6. The third-order valence-electron chi connectivity index (χ3n) is 5.50. The molecule has 0 radical (unpaired) electrons. The van der Waals surface area contributed by atoms with Gasteiger partial charge in [-0.15, -0.1) is 0 Å². The van der Waals surface area contributed by atoms with Crippen molar-refractivity contribution in [3.63, 3.8) is 0 Å². The highest BCUT2D eigenvalue weighted by molar-refractivity contribution is 6.00. The van der Waals surface area contributed by atoms with Gasteiger partial charge in [0.15, 0.2) is 0 Å². The lowest BCUT2D eigenvalue weighted by Gasteiger charge is -2.28. The molecule has 5 rings (SSSR count). The highest BCUT2D eigenvalue weighted by Gasteiger charge is 2.23. The molecule has 9 heteroatoms. The minimum absolute atomic E-state index is 0.133. The number of Topliss-reactive ketones (excluding diaryl/α,β-unsaturated/α-hetero) is 1. The van der Waals surface area contributed by atoms with Crippen LogP contribution in [-0.2, 0) is 22.4 Å². The van der Waals surface area contributed by atoms with Gasteiger partial charge in [0.25, 0.3) is 0 Å². The number of fused-ring (bicyclic) bond motifs is 1. The van der Waals surface area contributed by atoms with Crippen LogP contribution in [0.15, 0.2) is 54.9 Å².